The van der Waals surface area contributed by atoms with Gasteiger partial charge >= 0.3 is 0 Å². The molecule has 0 N–H and O–H groups in total. The standard InChI is InChI=1S/C52H42N2/c1-51(2)45-31-29-44-42-28-26-40(54(37-21-13-7-14-22-37)38-23-15-8-16-24-38)34-48(42)52(3,4)46-32-30-43(49(45)50(44)46)41-27-25-39(33-47(41)51)53(35-17-9-5-10-18-35)36-19-11-6-12-20-36/h5-34H,1-4H3. The fraction of sp³-hybridized carbons (Fsp3) is 0.115. The van der Waals surface area contributed by atoms with E-state index in [1.165, 1.54) is 66.7 Å². The molecule has 54 heavy (non-hydrogen) atoms. The van der Waals surface area contributed by atoms with Gasteiger partial charge in [-0.05, 0) is 128 Å². The Hall–Kier alpha value is -6.38. The maximum absolute atomic E-state index is 2.43. The maximum atomic E-state index is 2.43. The van der Waals surface area contributed by atoms with Crippen molar-refractivity contribution in [1.82, 2.24) is 0 Å². The predicted octanol–water partition coefficient (Wildman–Crippen LogP) is 14.4. The summed E-state index contributed by atoms with van der Waals surface area (Å²) in [6.07, 6.45) is 0. The second-order valence-electron chi connectivity index (χ2n) is 15.8. The molecule has 2 aliphatic carbocycles. The molecule has 8 aromatic rings. The van der Waals surface area contributed by atoms with Crippen LogP contribution >= 0.6 is 0 Å². The second-order valence-corrected chi connectivity index (χ2v) is 15.8. The normalized spacial score (nSPS) is 14.2. The van der Waals surface area contributed by atoms with Crippen LogP contribution in [-0.2, 0) is 10.8 Å². The molecule has 2 nitrogen and oxygen atoms in total. The third kappa shape index (κ3) is 4.80. The van der Waals surface area contributed by atoms with Gasteiger partial charge in [-0.25, -0.2) is 0 Å². The van der Waals surface area contributed by atoms with Crippen molar-refractivity contribution in [3.63, 3.8) is 0 Å². The van der Waals surface area contributed by atoms with Gasteiger partial charge in [0.25, 0.3) is 0 Å². The SMILES string of the molecule is CC1(C)c2cc(N(c3ccccc3)c3ccccc3)ccc2-c2ccc3c4c(ccc1c24)-c1ccc(N(c2ccccc2)c2ccccc2)cc1C3(C)C. The number of para-hydroxylation sites is 4. The molecular weight excluding hydrogens is 653 g/mol. The summed E-state index contributed by atoms with van der Waals surface area (Å²) >= 11 is 0. The molecular formula is C52H42N2. The van der Waals surface area contributed by atoms with E-state index in [4.69, 9.17) is 0 Å². The lowest BCUT2D eigenvalue weighted by Gasteiger charge is -2.41. The molecule has 10 rings (SSSR count). The largest absolute Gasteiger partial charge is 0.310 e. The van der Waals surface area contributed by atoms with Gasteiger partial charge in [0, 0.05) is 45.0 Å². The summed E-state index contributed by atoms with van der Waals surface area (Å²) in [6, 6.07) is 66.7. The molecule has 0 saturated heterocycles. The van der Waals surface area contributed by atoms with E-state index in [1.54, 1.807) is 0 Å². The van der Waals surface area contributed by atoms with Crippen LogP contribution in [0.25, 0.3) is 33.0 Å². The van der Waals surface area contributed by atoms with Crippen LogP contribution in [-0.4, -0.2) is 0 Å². The van der Waals surface area contributed by atoms with Gasteiger partial charge in [0.2, 0.25) is 0 Å². The summed E-state index contributed by atoms with van der Waals surface area (Å²) in [5.41, 5.74) is 17.3. The number of rotatable bonds is 6. The molecule has 0 fully saturated rings. The van der Waals surface area contributed by atoms with Crippen LogP contribution in [0.1, 0.15) is 49.9 Å². The molecule has 0 aromatic heterocycles. The van der Waals surface area contributed by atoms with Crippen molar-refractivity contribution in [2.75, 3.05) is 9.80 Å². The summed E-state index contributed by atoms with van der Waals surface area (Å²) in [7, 11) is 0. The lowest BCUT2D eigenvalue weighted by molar-refractivity contribution is 0.637. The van der Waals surface area contributed by atoms with Gasteiger partial charge in [-0.15, -0.1) is 0 Å². The monoisotopic (exact) mass is 694 g/mol. The van der Waals surface area contributed by atoms with E-state index in [-0.39, 0.29) is 10.8 Å². The van der Waals surface area contributed by atoms with Gasteiger partial charge < -0.3 is 9.80 Å². The lowest BCUT2D eigenvalue weighted by atomic mass is 9.63. The predicted molar refractivity (Wildman–Crippen MR) is 228 cm³/mol. The van der Waals surface area contributed by atoms with Crippen LogP contribution in [0.15, 0.2) is 182 Å². The number of benzene rings is 8. The minimum absolute atomic E-state index is 0.214. The lowest BCUT2D eigenvalue weighted by Crippen LogP contribution is -2.28. The van der Waals surface area contributed by atoms with E-state index in [9.17, 15) is 0 Å². The topological polar surface area (TPSA) is 6.48 Å². The Morgan fingerprint density at radius 2 is 0.574 bits per heavy atom. The van der Waals surface area contributed by atoms with E-state index in [0.717, 1.165) is 22.7 Å². The molecule has 0 saturated carbocycles. The molecule has 0 spiro atoms. The molecule has 2 heteroatoms. The van der Waals surface area contributed by atoms with Gasteiger partial charge in [-0.2, -0.15) is 0 Å². The van der Waals surface area contributed by atoms with Crippen molar-refractivity contribution in [1.29, 1.82) is 0 Å². The number of nitrogens with zero attached hydrogens (tertiary/aromatic N) is 2. The van der Waals surface area contributed by atoms with E-state index in [2.05, 4.69) is 219 Å². The first-order valence-electron chi connectivity index (χ1n) is 19.0. The molecule has 0 bridgehead atoms. The summed E-state index contributed by atoms with van der Waals surface area (Å²) in [5.74, 6) is 0. The van der Waals surface area contributed by atoms with Gasteiger partial charge in [-0.1, -0.05) is 137 Å². The molecule has 0 aliphatic heterocycles. The van der Waals surface area contributed by atoms with Crippen molar-refractivity contribution in [2.45, 2.75) is 38.5 Å². The van der Waals surface area contributed by atoms with E-state index < -0.39 is 0 Å². The Bertz CT molecular complexity index is 2430. The van der Waals surface area contributed by atoms with Crippen LogP contribution in [0.3, 0.4) is 0 Å². The highest BCUT2D eigenvalue weighted by molar-refractivity contribution is 6.13. The van der Waals surface area contributed by atoms with Crippen molar-refractivity contribution < 1.29 is 0 Å². The highest BCUT2D eigenvalue weighted by atomic mass is 15.1. The summed E-state index contributed by atoms with van der Waals surface area (Å²) < 4.78 is 0. The Kier molecular flexibility index (Phi) is 7.22. The van der Waals surface area contributed by atoms with E-state index >= 15 is 0 Å². The zero-order valence-electron chi connectivity index (χ0n) is 31.2. The molecule has 260 valence electrons. The van der Waals surface area contributed by atoms with Gasteiger partial charge in [0.15, 0.2) is 0 Å². The fourth-order valence-electron chi connectivity index (χ4n) is 9.33. The third-order valence-corrected chi connectivity index (χ3v) is 12.0. The zero-order valence-corrected chi connectivity index (χ0v) is 31.2. The summed E-state index contributed by atoms with van der Waals surface area (Å²) in [4.78, 5) is 4.74. The van der Waals surface area contributed by atoms with Gasteiger partial charge in [-0.3, -0.25) is 0 Å². The average molecular weight is 695 g/mol. The Morgan fingerprint density at radius 3 is 0.889 bits per heavy atom. The number of hydrogen-bond donors (Lipinski definition) is 0. The van der Waals surface area contributed by atoms with Gasteiger partial charge in [0.05, 0.1) is 0 Å². The highest BCUT2D eigenvalue weighted by Gasteiger charge is 2.40. The highest BCUT2D eigenvalue weighted by Crippen LogP contribution is 2.57. The molecule has 0 atom stereocenters. The molecule has 8 aromatic carbocycles. The molecule has 0 amide bonds. The van der Waals surface area contributed by atoms with Crippen LogP contribution in [0.2, 0.25) is 0 Å². The average Bonchev–Trinajstić information content (AvgIpc) is 3.21. The molecule has 0 radical (unpaired) electrons. The Balaban J connectivity index is 1.15. The Labute approximate surface area is 318 Å². The first kappa shape index (κ1) is 32.3. The van der Waals surface area contributed by atoms with Crippen LogP contribution < -0.4 is 9.80 Å². The summed E-state index contributed by atoms with van der Waals surface area (Å²) in [5, 5.41) is 2.80. The number of anilines is 6. The third-order valence-electron chi connectivity index (χ3n) is 12.0. The number of hydrogen-bond acceptors (Lipinski definition) is 2. The molecule has 2 aliphatic rings. The zero-order chi connectivity index (χ0) is 36.6. The first-order valence-corrected chi connectivity index (χ1v) is 19.0. The van der Waals surface area contributed by atoms with E-state index in [0.29, 0.717) is 0 Å². The minimum Gasteiger partial charge on any atom is -0.310 e. The first-order chi connectivity index (χ1) is 26.3. The van der Waals surface area contributed by atoms with Crippen molar-refractivity contribution in [2.24, 2.45) is 0 Å². The quantitative estimate of drug-likeness (QED) is 0.171. The molecule has 0 heterocycles. The minimum atomic E-state index is -0.214. The van der Waals surface area contributed by atoms with Crippen LogP contribution in [0.4, 0.5) is 34.1 Å². The van der Waals surface area contributed by atoms with Crippen molar-refractivity contribution in [3.8, 4) is 22.3 Å². The van der Waals surface area contributed by atoms with Gasteiger partial charge in [0.1, 0.15) is 0 Å². The van der Waals surface area contributed by atoms with Crippen LogP contribution in [0.5, 0.6) is 0 Å². The van der Waals surface area contributed by atoms with Crippen molar-refractivity contribution in [3.05, 3.63) is 204 Å². The van der Waals surface area contributed by atoms with Crippen LogP contribution in [0, 0.1) is 0 Å². The Morgan fingerprint density at radius 1 is 0.278 bits per heavy atom. The smallest absolute Gasteiger partial charge is 0.0465 e. The fourth-order valence-corrected chi connectivity index (χ4v) is 9.33. The summed E-state index contributed by atoms with van der Waals surface area (Å²) in [6.45, 7) is 9.64. The maximum Gasteiger partial charge on any atom is 0.0465 e. The van der Waals surface area contributed by atoms with E-state index in [1.807, 2.05) is 0 Å². The number of fused-ring (bicyclic) bond motifs is 4. The van der Waals surface area contributed by atoms with Crippen molar-refractivity contribution >= 4 is 44.9 Å². The molecule has 0 unspecified atom stereocenters. The second kappa shape index (κ2) is 12.1.